The molecule has 24 heavy (non-hydrogen) atoms. The lowest BCUT2D eigenvalue weighted by Crippen LogP contribution is -2.21. The van der Waals surface area contributed by atoms with E-state index in [4.69, 9.17) is 9.47 Å². The van der Waals surface area contributed by atoms with Gasteiger partial charge in [0, 0.05) is 12.2 Å². The molecule has 1 fully saturated rings. The first-order valence-corrected chi connectivity index (χ1v) is 9.34. The molecule has 0 N–H and O–H groups in total. The second-order valence-corrected chi connectivity index (χ2v) is 6.35. The Kier molecular flexibility index (Phi) is 8.49. The van der Waals surface area contributed by atoms with Gasteiger partial charge in [0.05, 0.1) is 12.7 Å². The lowest BCUT2D eigenvalue weighted by Gasteiger charge is -2.26. The van der Waals surface area contributed by atoms with E-state index in [1.165, 1.54) is 38.5 Å². The van der Waals surface area contributed by atoms with Gasteiger partial charge < -0.3 is 9.47 Å². The molecule has 0 heterocycles. The molecule has 0 radical (unpaired) electrons. The number of ether oxygens (including phenoxy) is 2. The molecular weight excluding hydrogens is 296 g/mol. The normalized spacial score (nSPS) is 20.6. The summed E-state index contributed by atoms with van der Waals surface area (Å²) >= 11 is 0. The molecule has 2 heteroatoms. The van der Waals surface area contributed by atoms with E-state index in [2.05, 4.69) is 24.8 Å². The Balaban J connectivity index is 1.71. The maximum Gasteiger partial charge on any atom is 0.119 e. The SMILES string of the molecule is CCCCO[C@H]1CC[C@H](C=CC#Cc2ccc(OCC)cc2)CC1. The molecule has 1 saturated carbocycles. The first-order chi connectivity index (χ1) is 11.8. The van der Waals surface area contributed by atoms with Gasteiger partial charge in [0.25, 0.3) is 0 Å². The van der Waals surface area contributed by atoms with Gasteiger partial charge in [0.2, 0.25) is 0 Å². The molecular formula is C22H30O2. The number of allylic oxidation sites excluding steroid dienone is 2. The van der Waals surface area contributed by atoms with Crippen molar-refractivity contribution in [2.45, 2.75) is 58.5 Å². The summed E-state index contributed by atoms with van der Waals surface area (Å²) < 4.78 is 11.4. The Morgan fingerprint density at radius 1 is 1.08 bits per heavy atom. The molecule has 1 aromatic rings. The second-order valence-electron chi connectivity index (χ2n) is 6.35. The molecule has 1 aliphatic rings. The molecule has 0 unspecified atom stereocenters. The number of benzene rings is 1. The lowest BCUT2D eigenvalue weighted by molar-refractivity contribution is 0.0209. The van der Waals surface area contributed by atoms with Crippen molar-refractivity contribution in [3.63, 3.8) is 0 Å². The molecule has 130 valence electrons. The van der Waals surface area contributed by atoms with Gasteiger partial charge in [0.1, 0.15) is 5.75 Å². The minimum atomic E-state index is 0.483. The third-order valence-corrected chi connectivity index (χ3v) is 4.40. The van der Waals surface area contributed by atoms with E-state index in [1.807, 2.05) is 37.3 Å². The van der Waals surface area contributed by atoms with Crippen LogP contribution in [0.1, 0.15) is 57.9 Å². The van der Waals surface area contributed by atoms with Crippen molar-refractivity contribution in [3.05, 3.63) is 42.0 Å². The van der Waals surface area contributed by atoms with Crippen LogP contribution >= 0.6 is 0 Å². The highest BCUT2D eigenvalue weighted by atomic mass is 16.5. The number of hydrogen-bond acceptors (Lipinski definition) is 2. The Morgan fingerprint density at radius 3 is 2.50 bits per heavy atom. The van der Waals surface area contributed by atoms with Gasteiger partial charge in [-0.25, -0.2) is 0 Å². The lowest BCUT2D eigenvalue weighted by atomic mass is 9.87. The molecule has 1 aromatic carbocycles. The van der Waals surface area contributed by atoms with Crippen LogP contribution in [0.4, 0.5) is 0 Å². The number of rotatable bonds is 7. The van der Waals surface area contributed by atoms with Gasteiger partial charge in [0.15, 0.2) is 0 Å². The quantitative estimate of drug-likeness (QED) is 0.495. The van der Waals surface area contributed by atoms with E-state index in [9.17, 15) is 0 Å². The smallest absolute Gasteiger partial charge is 0.119 e. The highest BCUT2D eigenvalue weighted by Gasteiger charge is 2.19. The summed E-state index contributed by atoms with van der Waals surface area (Å²) in [5.74, 6) is 7.89. The van der Waals surface area contributed by atoms with Crippen LogP contribution in [0.3, 0.4) is 0 Å². The standard InChI is InChI=1S/C22H30O2/c1-3-5-18-24-22-16-12-20(13-17-22)9-7-6-8-19-10-14-21(15-11-19)23-4-2/h7,9-11,14-15,20,22H,3-5,12-13,16-18H2,1-2H3/t20-,22-. The minimum Gasteiger partial charge on any atom is -0.494 e. The van der Waals surface area contributed by atoms with Crippen LogP contribution in [-0.4, -0.2) is 19.3 Å². The summed E-state index contributed by atoms with van der Waals surface area (Å²) in [5, 5.41) is 0. The average Bonchev–Trinajstić information content (AvgIpc) is 2.62. The monoisotopic (exact) mass is 326 g/mol. The van der Waals surface area contributed by atoms with Crippen molar-refractivity contribution in [1.29, 1.82) is 0 Å². The molecule has 1 aliphatic carbocycles. The van der Waals surface area contributed by atoms with E-state index in [0.29, 0.717) is 18.6 Å². The van der Waals surface area contributed by atoms with Crippen LogP contribution in [0, 0.1) is 17.8 Å². The van der Waals surface area contributed by atoms with Crippen LogP contribution in [-0.2, 0) is 4.74 Å². The molecule has 0 spiro atoms. The van der Waals surface area contributed by atoms with Crippen molar-refractivity contribution in [3.8, 4) is 17.6 Å². The Morgan fingerprint density at radius 2 is 1.83 bits per heavy atom. The number of hydrogen-bond donors (Lipinski definition) is 0. The van der Waals surface area contributed by atoms with Gasteiger partial charge in [-0.15, -0.1) is 0 Å². The molecule has 0 bridgehead atoms. The van der Waals surface area contributed by atoms with Gasteiger partial charge in [-0.05, 0) is 75.3 Å². The van der Waals surface area contributed by atoms with E-state index < -0.39 is 0 Å². The molecule has 2 nitrogen and oxygen atoms in total. The first-order valence-electron chi connectivity index (χ1n) is 9.34. The zero-order valence-corrected chi connectivity index (χ0v) is 15.1. The predicted octanol–water partition coefficient (Wildman–Crippen LogP) is 5.37. The summed E-state index contributed by atoms with van der Waals surface area (Å²) in [4.78, 5) is 0. The first kappa shape index (κ1) is 18.6. The van der Waals surface area contributed by atoms with E-state index in [0.717, 1.165) is 17.9 Å². The summed E-state index contributed by atoms with van der Waals surface area (Å²) in [5.41, 5.74) is 1.02. The molecule has 2 rings (SSSR count). The maximum atomic E-state index is 5.92. The van der Waals surface area contributed by atoms with Gasteiger partial charge in [-0.1, -0.05) is 31.3 Å². The second kappa shape index (κ2) is 10.9. The summed E-state index contributed by atoms with van der Waals surface area (Å²) in [6.07, 6.45) is 12.0. The van der Waals surface area contributed by atoms with E-state index >= 15 is 0 Å². The molecule has 0 amide bonds. The molecule has 0 atom stereocenters. The predicted molar refractivity (Wildman–Crippen MR) is 100 cm³/mol. The molecule has 0 aliphatic heterocycles. The molecule has 0 saturated heterocycles. The van der Waals surface area contributed by atoms with Gasteiger partial charge >= 0.3 is 0 Å². The van der Waals surface area contributed by atoms with E-state index in [-0.39, 0.29) is 0 Å². The van der Waals surface area contributed by atoms with Crippen LogP contribution < -0.4 is 4.74 Å². The van der Waals surface area contributed by atoms with Crippen LogP contribution in [0.5, 0.6) is 5.75 Å². The van der Waals surface area contributed by atoms with Crippen molar-refractivity contribution in [2.24, 2.45) is 5.92 Å². The third-order valence-electron chi connectivity index (χ3n) is 4.40. The van der Waals surface area contributed by atoms with E-state index in [1.54, 1.807) is 0 Å². The topological polar surface area (TPSA) is 18.5 Å². The highest BCUT2D eigenvalue weighted by Crippen LogP contribution is 2.27. The number of unbranched alkanes of at least 4 members (excludes halogenated alkanes) is 1. The van der Waals surface area contributed by atoms with Crippen molar-refractivity contribution in [1.82, 2.24) is 0 Å². The summed E-state index contributed by atoms with van der Waals surface area (Å²) in [6.45, 7) is 5.82. The van der Waals surface area contributed by atoms with Crippen LogP contribution in [0.25, 0.3) is 0 Å². The maximum absolute atomic E-state index is 5.92. The minimum absolute atomic E-state index is 0.483. The Labute approximate surface area is 147 Å². The Hall–Kier alpha value is -1.72. The van der Waals surface area contributed by atoms with Crippen LogP contribution in [0.15, 0.2) is 36.4 Å². The zero-order chi connectivity index (χ0) is 17.0. The summed E-state index contributed by atoms with van der Waals surface area (Å²) in [7, 11) is 0. The van der Waals surface area contributed by atoms with Gasteiger partial charge in [-0.2, -0.15) is 0 Å². The van der Waals surface area contributed by atoms with Gasteiger partial charge in [-0.3, -0.25) is 0 Å². The van der Waals surface area contributed by atoms with Crippen molar-refractivity contribution < 1.29 is 9.47 Å². The average molecular weight is 326 g/mol. The fraction of sp³-hybridized carbons (Fsp3) is 0.545. The molecule has 0 aromatic heterocycles. The summed E-state index contributed by atoms with van der Waals surface area (Å²) in [6, 6.07) is 7.95. The van der Waals surface area contributed by atoms with Crippen LogP contribution in [0.2, 0.25) is 0 Å². The fourth-order valence-electron chi connectivity index (χ4n) is 2.95. The highest BCUT2D eigenvalue weighted by molar-refractivity contribution is 5.40. The Bertz CT molecular complexity index is 540. The fourth-order valence-corrected chi connectivity index (χ4v) is 2.95. The van der Waals surface area contributed by atoms with Crippen molar-refractivity contribution >= 4 is 0 Å². The van der Waals surface area contributed by atoms with Crippen molar-refractivity contribution in [2.75, 3.05) is 13.2 Å². The zero-order valence-electron chi connectivity index (χ0n) is 15.1. The third kappa shape index (κ3) is 6.81. The largest absolute Gasteiger partial charge is 0.494 e.